The zero-order valence-corrected chi connectivity index (χ0v) is 18.4. The first kappa shape index (κ1) is 27.2. The Balaban J connectivity index is 0.000000890. The SMILES string of the molecule is CC(C)N(CCOc1ccccc1Cl)C(=O)NCCN(C)C.O=C(O)/C=C\C(=O)O. The fourth-order valence-electron chi connectivity index (χ4n) is 2.04. The van der Waals surface area contributed by atoms with Crippen LogP contribution in [0, 0.1) is 0 Å². The Bertz CT molecular complexity index is 694. The summed E-state index contributed by atoms with van der Waals surface area (Å²) < 4.78 is 5.65. The van der Waals surface area contributed by atoms with Crippen LogP contribution in [0.5, 0.6) is 5.75 Å². The number of hydrogen-bond acceptors (Lipinski definition) is 5. The molecule has 3 N–H and O–H groups in total. The predicted octanol–water partition coefficient (Wildman–Crippen LogP) is 2.41. The number of carbonyl (C=O) groups excluding carboxylic acids is 1. The number of para-hydroxylation sites is 1. The van der Waals surface area contributed by atoms with Gasteiger partial charge >= 0.3 is 18.0 Å². The molecule has 0 unspecified atom stereocenters. The Morgan fingerprint density at radius 3 is 2.13 bits per heavy atom. The maximum absolute atomic E-state index is 12.2. The van der Waals surface area contributed by atoms with E-state index in [-0.39, 0.29) is 12.1 Å². The molecule has 0 aromatic heterocycles. The molecule has 9 nitrogen and oxygen atoms in total. The van der Waals surface area contributed by atoms with E-state index in [1.54, 1.807) is 11.0 Å². The molecule has 1 aromatic carbocycles. The van der Waals surface area contributed by atoms with E-state index in [0.717, 1.165) is 6.54 Å². The first-order chi connectivity index (χ1) is 14.0. The molecule has 0 aliphatic rings. The molecule has 0 bridgehead atoms. The number of nitrogens with one attached hydrogen (secondary N) is 1. The molecule has 0 saturated heterocycles. The van der Waals surface area contributed by atoms with Gasteiger partial charge in [-0.15, -0.1) is 0 Å². The van der Waals surface area contributed by atoms with Crippen LogP contribution in [0.25, 0.3) is 0 Å². The Labute approximate surface area is 181 Å². The number of urea groups is 1. The molecule has 10 heteroatoms. The highest BCUT2D eigenvalue weighted by molar-refractivity contribution is 6.32. The second kappa shape index (κ2) is 15.1. The Hall–Kier alpha value is -2.78. The summed E-state index contributed by atoms with van der Waals surface area (Å²) in [6.07, 6.45) is 1.12. The van der Waals surface area contributed by atoms with Crippen molar-refractivity contribution in [1.82, 2.24) is 15.1 Å². The largest absolute Gasteiger partial charge is 0.490 e. The van der Waals surface area contributed by atoms with Gasteiger partial charge in [0, 0.05) is 31.3 Å². The lowest BCUT2D eigenvalue weighted by Crippen LogP contribution is -2.47. The average molecular weight is 444 g/mol. The van der Waals surface area contributed by atoms with E-state index in [1.807, 2.05) is 51.0 Å². The van der Waals surface area contributed by atoms with Crippen LogP contribution in [0.3, 0.4) is 0 Å². The Morgan fingerprint density at radius 1 is 1.10 bits per heavy atom. The van der Waals surface area contributed by atoms with Gasteiger partial charge < -0.3 is 30.1 Å². The number of carboxylic acid groups (broad SMARTS) is 2. The number of nitrogens with zero attached hydrogens (tertiary/aromatic N) is 2. The molecular weight excluding hydrogens is 414 g/mol. The van der Waals surface area contributed by atoms with Gasteiger partial charge in [-0.1, -0.05) is 23.7 Å². The Morgan fingerprint density at radius 2 is 1.67 bits per heavy atom. The molecule has 1 aromatic rings. The number of carboxylic acids is 2. The van der Waals surface area contributed by atoms with Gasteiger partial charge in [-0.3, -0.25) is 0 Å². The molecule has 0 aliphatic heterocycles. The molecule has 0 saturated carbocycles. The van der Waals surface area contributed by atoms with Crippen LogP contribution in [0.4, 0.5) is 4.79 Å². The van der Waals surface area contributed by atoms with Crippen LogP contribution in [-0.2, 0) is 9.59 Å². The standard InChI is InChI=1S/C16H26ClN3O2.C4H4O4/c1-13(2)20(16(21)18-9-10-19(3)4)11-12-22-15-8-6-5-7-14(15)17;5-3(6)1-2-4(7)8/h5-8,13H,9-12H2,1-4H3,(H,18,21);1-2H,(H,5,6)(H,7,8)/b;2-1-. The molecule has 1 rings (SSSR count). The predicted molar refractivity (Wildman–Crippen MR) is 115 cm³/mol. The third kappa shape index (κ3) is 13.4. The zero-order valence-electron chi connectivity index (χ0n) is 17.7. The third-order valence-electron chi connectivity index (χ3n) is 3.51. The summed E-state index contributed by atoms with van der Waals surface area (Å²) in [6, 6.07) is 7.36. The van der Waals surface area contributed by atoms with Crippen molar-refractivity contribution in [3.8, 4) is 5.75 Å². The molecule has 0 aliphatic carbocycles. The molecule has 0 spiro atoms. The van der Waals surface area contributed by atoms with Crippen molar-refractivity contribution in [1.29, 1.82) is 0 Å². The molecular formula is C20H30ClN3O6. The van der Waals surface area contributed by atoms with E-state index in [2.05, 4.69) is 5.32 Å². The molecule has 168 valence electrons. The number of aliphatic carboxylic acids is 2. The van der Waals surface area contributed by atoms with Crippen LogP contribution in [0.15, 0.2) is 36.4 Å². The molecule has 0 atom stereocenters. The first-order valence-electron chi connectivity index (χ1n) is 9.25. The van der Waals surface area contributed by atoms with Gasteiger partial charge in [0.25, 0.3) is 0 Å². The minimum Gasteiger partial charge on any atom is -0.490 e. The maximum Gasteiger partial charge on any atom is 0.328 e. The van der Waals surface area contributed by atoms with Crippen molar-refractivity contribution >= 4 is 29.6 Å². The van der Waals surface area contributed by atoms with E-state index >= 15 is 0 Å². The maximum atomic E-state index is 12.2. The van der Waals surface area contributed by atoms with Crippen molar-refractivity contribution in [2.45, 2.75) is 19.9 Å². The number of halogens is 1. The van der Waals surface area contributed by atoms with Gasteiger partial charge in [0.15, 0.2) is 0 Å². The number of amides is 2. The van der Waals surface area contributed by atoms with Crippen molar-refractivity contribution in [2.24, 2.45) is 0 Å². The second-order valence-electron chi connectivity index (χ2n) is 6.61. The number of benzene rings is 1. The van der Waals surface area contributed by atoms with Gasteiger partial charge in [0.1, 0.15) is 12.4 Å². The van der Waals surface area contributed by atoms with Crippen molar-refractivity contribution in [3.63, 3.8) is 0 Å². The highest BCUT2D eigenvalue weighted by Gasteiger charge is 2.16. The second-order valence-corrected chi connectivity index (χ2v) is 7.02. The molecule has 0 heterocycles. The number of carbonyl (C=O) groups is 3. The van der Waals surface area contributed by atoms with Gasteiger partial charge in [-0.25, -0.2) is 14.4 Å². The fourth-order valence-corrected chi connectivity index (χ4v) is 2.23. The lowest BCUT2D eigenvalue weighted by Gasteiger charge is -2.27. The van der Waals surface area contributed by atoms with Crippen molar-refractivity contribution in [2.75, 3.05) is 40.3 Å². The van der Waals surface area contributed by atoms with Crippen LogP contribution >= 0.6 is 11.6 Å². The van der Waals surface area contributed by atoms with Crippen molar-refractivity contribution in [3.05, 3.63) is 41.4 Å². The fraction of sp³-hybridized carbons (Fsp3) is 0.450. The summed E-state index contributed by atoms with van der Waals surface area (Å²) in [6.45, 7) is 6.33. The quantitative estimate of drug-likeness (QED) is 0.475. The summed E-state index contributed by atoms with van der Waals surface area (Å²) in [5, 5.41) is 19.1. The Kier molecular flexibility index (Phi) is 13.7. The zero-order chi connectivity index (χ0) is 23.1. The van der Waals surface area contributed by atoms with Gasteiger partial charge in [-0.2, -0.15) is 0 Å². The molecule has 0 fully saturated rings. The molecule has 0 radical (unpaired) electrons. The van der Waals surface area contributed by atoms with Crippen molar-refractivity contribution < 1.29 is 29.3 Å². The van der Waals surface area contributed by atoms with Crippen LogP contribution in [0.2, 0.25) is 5.02 Å². The van der Waals surface area contributed by atoms with Crippen LogP contribution in [-0.4, -0.2) is 84.4 Å². The minimum absolute atomic E-state index is 0.0698. The molecule has 2 amide bonds. The summed E-state index contributed by atoms with van der Waals surface area (Å²) >= 11 is 6.04. The van der Waals surface area contributed by atoms with Gasteiger partial charge in [-0.05, 0) is 40.1 Å². The average Bonchev–Trinajstić information content (AvgIpc) is 2.64. The number of rotatable bonds is 10. The summed E-state index contributed by atoms with van der Waals surface area (Å²) in [4.78, 5) is 35.1. The van der Waals surface area contributed by atoms with E-state index in [0.29, 0.717) is 42.6 Å². The summed E-state index contributed by atoms with van der Waals surface area (Å²) in [5.74, 6) is -1.87. The third-order valence-corrected chi connectivity index (χ3v) is 3.83. The van der Waals surface area contributed by atoms with Gasteiger partial charge in [0.2, 0.25) is 0 Å². The van der Waals surface area contributed by atoms with E-state index in [9.17, 15) is 14.4 Å². The monoisotopic (exact) mass is 443 g/mol. The van der Waals surface area contributed by atoms with E-state index in [4.69, 9.17) is 26.6 Å². The van der Waals surface area contributed by atoms with E-state index < -0.39 is 11.9 Å². The highest BCUT2D eigenvalue weighted by Crippen LogP contribution is 2.22. The smallest absolute Gasteiger partial charge is 0.328 e. The number of likely N-dealkylation sites (N-methyl/N-ethyl adjacent to an activating group) is 1. The lowest BCUT2D eigenvalue weighted by atomic mass is 10.3. The first-order valence-corrected chi connectivity index (χ1v) is 9.62. The normalized spacial score (nSPS) is 10.5. The highest BCUT2D eigenvalue weighted by atomic mass is 35.5. The topological polar surface area (TPSA) is 119 Å². The number of hydrogen-bond donors (Lipinski definition) is 3. The van der Waals surface area contributed by atoms with E-state index in [1.165, 1.54) is 0 Å². The van der Waals surface area contributed by atoms with Crippen LogP contribution in [0.1, 0.15) is 13.8 Å². The molecule has 30 heavy (non-hydrogen) atoms. The van der Waals surface area contributed by atoms with Gasteiger partial charge in [0.05, 0.1) is 11.6 Å². The van der Waals surface area contributed by atoms with Crippen LogP contribution < -0.4 is 10.1 Å². The summed E-state index contributed by atoms with van der Waals surface area (Å²) in [7, 11) is 3.95. The lowest BCUT2D eigenvalue weighted by molar-refractivity contribution is -0.134. The number of ether oxygens (including phenoxy) is 1. The summed E-state index contributed by atoms with van der Waals surface area (Å²) in [5.41, 5.74) is 0. The minimum atomic E-state index is -1.26.